The third-order valence-electron chi connectivity index (χ3n) is 2.04. The van der Waals surface area contributed by atoms with Gasteiger partial charge in [-0.2, -0.15) is 0 Å². The zero-order valence-corrected chi connectivity index (χ0v) is 11.6. The number of hydrogen-bond donors (Lipinski definition) is 2. The molecule has 98 valence electrons. The van der Waals surface area contributed by atoms with Crippen LogP contribution in [0, 0.1) is 0 Å². The molecule has 1 rings (SSSR count). The first kappa shape index (κ1) is 14.4. The number of thiocarbonyl (C=S) groups is 1. The minimum absolute atomic E-state index is 0.109. The van der Waals surface area contributed by atoms with Crippen LogP contribution in [0.3, 0.4) is 0 Å². The molecule has 0 spiro atoms. The lowest BCUT2D eigenvalue weighted by molar-refractivity contribution is -0.119. The lowest BCUT2D eigenvalue weighted by Crippen LogP contribution is -2.33. The summed E-state index contributed by atoms with van der Waals surface area (Å²) in [6.07, 6.45) is 0.519. The molecular formula is C13H18N2O2S. The van der Waals surface area contributed by atoms with Crippen LogP contribution in [0.25, 0.3) is 0 Å². The number of anilines is 1. The summed E-state index contributed by atoms with van der Waals surface area (Å²) in [7, 11) is 0. The maximum absolute atomic E-state index is 11.2. The number of ether oxygens (including phenoxy) is 1. The maximum Gasteiger partial charge on any atom is 0.225 e. The van der Waals surface area contributed by atoms with E-state index < -0.39 is 0 Å². The Balaban J connectivity index is 2.61. The first-order valence-electron chi connectivity index (χ1n) is 5.88. The van der Waals surface area contributed by atoms with Crippen molar-refractivity contribution >= 4 is 28.9 Å². The van der Waals surface area contributed by atoms with Gasteiger partial charge in [0.2, 0.25) is 5.91 Å². The normalized spacial score (nSPS) is 10.0. The number of carbonyl (C=O) groups is 1. The molecule has 2 N–H and O–H groups in total. The zero-order chi connectivity index (χ0) is 13.5. The summed E-state index contributed by atoms with van der Waals surface area (Å²) in [5, 5.41) is 5.81. The molecule has 0 aliphatic rings. The van der Waals surface area contributed by atoms with Gasteiger partial charge in [0.25, 0.3) is 0 Å². The Bertz CT molecular complexity index is 433. The van der Waals surface area contributed by atoms with Crippen molar-refractivity contribution in [2.75, 3.05) is 5.32 Å². The van der Waals surface area contributed by atoms with Crippen LogP contribution >= 0.6 is 12.2 Å². The SMILES string of the molecule is CCC(=O)NC(=S)Nc1cccc(OC(C)C)c1. The highest BCUT2D eigenvalue weighted by Gasteiger charge is 2.03. The van der Waals surface area contributed by atoms with Gasteiger partial charge in [-0.25, -0.2) is 0 Å². The molecule has 0 bridgehead atoms. The second-order valence-electron chi connectivity index (χ2n) is 4.05. The van der Waals surface area contributed by atoms with Crippen molar-refractivity contribution in [1.29, 1.82) is 0 Å². The topological polar surface area (TPSA) is 50.4 Å². The Morgan fingerprint density at radius 1 is 1.44 bits per heavy atom. The first-order chi connectivity index (χ1) is 8.51. The summed E-state index contributed by atoms with van der Waals surface area (Å²) in [6.45, 7) is 5.70. The van der Waals surface area contributed by atoms with E-state index in [9.17, 15) is 4.79 Å². The predicted molar refractivity (Wildman–Crippen MR) is 76.9 cm³/mol. The van der Waals surface area contributed by atoms with Crippen molar-refractivity contribution in [3.63, 3.8) is 0 Å². The molecule has 1 amide bonds. The molecule has 4 nitrogen and oxygen atoms in total. The summed E-state index contributed by atoms with van der Waals surface area (Å²) >= 11 is 5.03. The van der Waals surface area contributed by atoms with Gasteiger partial charge >= 0.3 is 0 Å². The molecule has 1 aromatic carbocycles. The van der Waals surface area contributed by atoms with Crippen LogP contribution in [0.15, 0.2) is 24.3 Å². The Kier molecular flexibility index (Phi) is 5.58. The average molecular weight is 266 g/mol. The fourth-order valence-corrected chi connectivity index (χ4v) is 1.53. The van der Waals surface area contributed by atoms with Crippen LogP contribution in [0.4, 0.5) is 5.69 Å². The van der Waals surface area contributed by atoms with Gasteiger partial charge in [-0.3, -0.25) is 4.79 Å². The van der Waals surface area contributed by atoms with Gasteiger partial charge in [-0.1, -0.05) is 13.0 Å². The average Bonchev–Trinajstić information content (AvgIpc) is 2.28. The van der Waals surface area contributed by atoms with Crippen LogP contribution < -0.4 is 15.4 Å². The summed E-state index contributed by atoms with van der Waals surface area (Å²) in [5.41, 5.74) is 0.787. The summed E-state index contributed by atoms with van der Waals surface area (Å²) in [4.78, 5) is 11.2. The fourth-order valence-electron chi connectivity index (χ4n) is 1.30. The van der Waals surface area contributed by atoms with E-state index in [0.29, 0.717) is 11.5 Å². The molecular weight excluding hydrogens is 248 g/mol. The van der Waals surface area contributed by atoms with Gasteiger partial charge in [0.05, 0.1) is 6.10 Å². The number of benzene rings is 1. The zero-order valence-electron chi connectivity index (χ0n) is 10.8. The second kappa shape index (κ2) is 6.96. The molecule has 0 aliphatic carbocycles. The molecule has 0 atom stereocenters. The van der Waals surface area contributed by atoms with Crippen molar-refractivity contribution in [3.8, 4) is 5.75 Å². The highest BCUT2D eigenvalue weighted by Crippen LogP contribution is 2.18. The minimum Gasteiger partial charge on any atom is -0.491 e. The van der Waals surface area contributed by atoms with E-state index in [1.54, 1.807) is 6.92 Å². The number of hydrogen-bond acceptors (Lipinski definition) is 3. The first-order valence-corrected chi connectivity index (χ1v) is 6.29. The van der Waals surface area contributed by atoms with E-state index in [-0.39, 0.29) is 12.0 Å². The van der Waals surface area contributed by atoms with Gasteiger partial charge in [0, 0.05) is 18.2 Å². The largest absolute Gasteiger partial charge is 0.491 e. The van der Waals surface area contributed by atoms with Crippen LogP contribution in [-0.4, -0.2) is 17.1 Å². The van der Waals surface area contributed by atoms with Gasteiger partial charge < -0.3 is 15.4 Å². The van der Waals surface area contributed by atoms with E-state index >= 15 is 0 Å². The van der Waals surface area contributed by atoms with Crippen molar-refractivity contribution in [2.24, 2.45) is 0 Å². The molecule has 18 heavy (non-hydrogen) atoms. The van der Waals surface area contributed by atoms with E-state index in [1.165, 1.54) is 0 Å². The smallest absolute Gasteiger partial charge is 0.225 e. The second-order valence-corrected chi connectivity index (χ2v) is 4.46. The summed E-state index contributed by atoms with van der Waals surface area (Å²) < 4.78 is 5.57. The van der Waals surface area contributed by atoms with Gasteiger partial charge in [0.1, 0.15) is 5.75 Å². The van der Waals surface area contributed by atoms with E-state index in [0.717, 1.165) is 11.4 Å². The molecule has 0 heterocycles. The highest BCUT2D eigenvalue weighted by atomic mass is 32.1. The molecule has 0 aliphatic heterocycles. The van der Waals surface area contributed by atoms with Gasteiger partial charge in [-0.05, 0) is 38.2 Å². The molecule has 5 heteroatoms. The van der Waals surface area contributed by atoms with Crippen LogP contribution in [0.2, 0.25) is 0 Å². The highest BCUT2D eigenvalue weighted by molar-refractivity contribution is 7.80. The molecule has 0 radical (unpaired) electrons. The molecule has 1 aromatic rings. The molecule has 0 fully saturated rings. The standard InChI is InChI=1S/C13H18N2O2S/c1-4-12(16)15-13(18)14-10-6-5-7-11(8-10)17-9(2)3/h5-9H,4H2,1-3H3,(H2,14,15,16,18). The summed E-state index contributed by atoms with van der Waals surface area (Å²) in [6, 6.07) is 7.44. The van der Waals surface area contributed by atoms with Crippen molar-refractivity contribution < 1.29 is 9.53 Å². The third kappa shape index (κ3) is 5.14. The quantitative estimate of drug-likeness (QED) is 0.823. The monoisotopic (exact) mass is 266 g/mol. The molecule has 0 saturated carbocycles. The fraction of sp³-hybridized carbons (Fsp3) is 0.385. The number of nitrogens with one attached hydrogen (secondary N) is 2. The number of carbonyl (C=O) groups excluding carboxylic acids is 1. The van der Waals surface area contributed by atoms with E-state index in [2.05, 4.69) is 10.6 Å². The number of rotatable bonds is 4. The van der Waals surface area contributed by atoms with Crippen molar-refractivity contribution in [1.82, 2.24) is 5.32 Å². The van der Waals surface area contributed by atoms with Crippen LogP contribution in [0.5, 0.6) is 5.75 Å². The number of amides is 1. The molecule has 0 aromatic heterocycles. The van der Waals surface area contributed by atoms with E-state index in [4.69, 9.17) is 17.0 Å². The predicted octanol–water partition coefficient (Wildman–Crippen LogP) is 2.70. The van der Waals surface area contributed by atoms with Crippen molar-refractivity contribution in [2.45, 2.75) is 33.3 Å². The van der Waals surface area contributed by atoms with Crippen LogP contribution in [-0.2, 0) is 4.79 Å². The Labute approximate surface area is 113 Å². The van der Waals surface area contributed by atoms with Crippen LogP contribution in [0.1, 0.15) is 27.2 Å². The van der Waals surface area contributed by atoms with E-state index in [1.807, 2.05) is 38.1 Å². The summed E-state index contributed by atoms with van der Waals surface area (Å²) in [5.74, 6) is 0.654. The molecule has 0 saturated heterocycles. The Hall–Kier alpha value is -1.62. The third-order valence-corrected chi connectivity index (χ3v) is 2.24. The Morgan fingerprint density at radius 2 is 2.17 bits per heavy atom. The van der Waals surface area contributed by atoms with Gasteiger partial charge in [-0.15, -0.1) is 0 Å². The molecule has 0 unspecified atom stereocenters. The lowest BCUT2D eigenvalue weighted by atomic mass is 10.3. The maximum atomic E-state index is 11.2. The van der Waals surface area contributed by atoms with Gasteiger partial charge in [0.15, 0.2) is 5.11 Å². The lowest BCUT2D eigenvalue weighted by Gasteiger charge is -2.12. The Morgan fingerprint density at radius 3 is 2.78 bits per heavy atom. The van der Waals surface area contributed by atoms with Crippen molar-refractivity contribution in [3.05, 3.63) is 24.3 Å². The minimum atomic E-state index is -0.109.